The Balaban J connectivity index is 1.41. The normalized spacial score (nSPS) is 12.8. The summed E-state index contributed by atoms with van der Waals surface area (Å²) >= 11 is 1.49. The molecule has 0 atom stereocenters. The third-order valence-electron chi connectivity index (χ3n) is 4.96. The van der Waals surface area contributed by atoms with Gasteiger partial charge in [-0.1, -0.05) is 36.0 Å². The van der Waals surface area contributed by atoms with Crippen molar-refractivity contribution in [2.24, 2.45) is 0 Å². The molecule has 0 unspecified atom stereocenters. The van der Waals surface area contributed by atoms with Crippen LogP contribution >= 0.6 is 11.8 Å². The second-order valence-electron chi connectivity index (χ2n) is 6.97. The molecule has 1 amide bonds. The van der Waals surface area contributed by atoms with Crippen molar-refractivity contribution >= 4 is 28.6 Å². The van der Waals surface area contributed by atoms with E-state index in [2.05, 4.69) is 24.0 Å². The number of ether oxygens (including phenoxy) is 2. The number of nitrogens with zero attached hydrogens (tertiary/aromatic N) is 2. The van der Waals surface area contributed by atoms with Crippen LogP contribution in [-0.2, 0) is 11.3 Å². The summed E-state index contributed by atoms with van der Waals surface area (Å²) in [5, 5.41) is 2.03. The molecular weight excluding hydrogens is 384 g/mol. The van der Waals surface area contributed by atoms with Crippen molar-refractivity contribution < 1.29 is 14.3 Å². The number of thioether (sulfide) groups is 1. The highest BCUT2D eigenvalue weighted by atomic mass is 32.2. The first-order valence-corrected chi connectivity index (χ1v) is 10.8. The van der Waals surface area contributed by atoms with Crippen LogP contribution in [0.2, 0.25) is 0 Å². The van der Waals surface area contributed by atoms with Crippen molar-refractivity contribution in [2.45, 2.75) is 25.4 Å². The van der Waals surface area contributed by atoms with Gasteiger partial charge in [-0.15, -0.1) is 0 Å². The van der Waals surface area contributed by atoms with Crippen LogP contribution < -0.4 is 9.47 Å². The van der Waals surface area contributed by atoms with Gasteiger partial charge >= 0.3 is 0 Å². The van der Waals surface area contributed by atoms with E-state index in [0.717, 1.165) is 33.0 Å². The standard InChI is InChI=1S/C23H24N2O3S/c1-3-25(14-17-8-9-20-21(13-17)28-11-10-27-20)23(26)15-29-22-12-16(2)18-6-4-5-7-19(18)24-22/h4-9,12-13H,3,10-11,14-15H2,1-2H3. The van der Waals surface area contributed by atoms with E-state index in [9.17, 15) is 4.79 Å². The third kappa shape index (κ3) is 4.48. The monoisotopic (exact) mass is 408 g/mol. The van der Waals surface area contributed by atoms with Crippen molar-refractivity contribution in [1.82, 2.24) is 9.88 Å². The molecule has 1 aliphatic heterocycles. The van der Waals surface area contributed by atoms with Crippen molar-refractivity contribution in [3.8, 4) is 11.5 Å². The van der Waals surface area contributed by atoms with Crippen LogP contribution in [0.15, 0.2) is 53.6 Å². The van der Waals surface area contributed by atoms with Crippen LogP contribution in [0.5, 0.6) is 11.5 Å². The predicted octanol–water partition coefficient (Wildman–Crippen LogP) is 4.46. The summed E-state index contributed by atoms with van der Waals surface area (Å²) in [6.45, 7) is 6.41. The van der Waals surface area contributed by atoms with Crippen LogP contribution in [0.25, 0.3) is 10.9 Å². The van der Waals surface area contributed by atoms with Crippen molar-refractivity contribution in [3.05, 3.63) is 59.7 Å². The van der Waals surface area contributed by atoms with Crippen LogP contribution in [0.4, 0.5) is 0 Å². The topological polar surface area (TPSA) is 51.7 Å². The molecule has 2 heterocycles. The molecule has 0 N–H and O–H groups in total. The van der Waals surface area contributed by atoms with Crippen molar-refractivity contribution in [2.75, 3.05) is 25.5 Å². The first kappa shape index (κ1) is 19.6. The summed E-state index contributed by atoms with van der Waals surface area (Å²) in [5.41, 5.74) is 3.18. The highest BCUT2D eigenvalue weighted by Gasteiger charge is 2.16. The Morgan fingerprint density at radius 3 is 2.72 bits per heavy atom. The van der Waals surface area contributed by atoms with Crippen molar-refractivity contribution in [1.29, 1.82) is 0 Å². The molecule has 5 nitrogen and oxygen atoms in total. The molecule has 0 radical (unpaired) electrons. The fourth-order valence-electron chi connectivity index (χ4n) is 3.40. The molecule has 0 saturated heterocycles. The van der Waals surface area contributed by atoms with Crippen LogP contribution in [-0.4, -0.2) is 41.3 Å². The minimum absolute atomic E-state index is 0.0972. The first-order chi connectivity index (χ1) is 14.1. The highest BCUT2D eigenvalue weighted by Crippen LogP contribution is 2.31. The predicted molar refractivity (Wildman–Crippen MR) is 116 cm³/mol. The molecule has 0 spiro atoms. The van der Waals surface area contributed by atoms with Gasteiger partial charge in [-0.25, -0.2) is 4.98 Å². The lowest BCUT2D eigenvalue weighted by atomic mass is 10.1. The van der Waals surface area contributed by atoms with Crippen molar-refractivity contribution in [3.63, 3.8) is 0 Å². The molecule has 150 valence electrons. The fraction of sp³-hybridized carbons (Fsp3) is 0.304. The Bertz CT molecular complexity index is 1040. The van der Waals surface area contributed by atoms with Gasteiger partial charge in [-0.05, 0) is 49.2 Å². The Morgan fingerprint density at radius 2 is 1.90 bits per heavy atom. The summed E-state index contributed by atoms with van der Waals surface area (Å²) in [6, 6.07) is 16.0. The van der Waals surface area contributed by atoms with Crippen LogP contribution in [0, 0.1) is 6.92 Å². The van der Waals surface area contributed by atoms with E-state index < -0.39 is 0 Å². The maximum Gasteiger partial charge on any atom is 0.233 e. The number of fused-ring (bicyclic) bond motifs is 2. The van der Waals surface area contributed by atoms with Gasteiger partial charge in [0.2, 0.25) is 5.91 Å². The lowest BCUT2D eigenvalue weighted by Gasteiger charge is -2.23. The maximum absolute atomic E-state index is 12.8. The Morgan fingerprint density at radius 1 is 1.10 bits per heavy atom. The van der Waals surface area contributed by atoms with E-state index in [0.29, 0.717) is 32.1 Å². The summed E-state index contributed by atoms with van der Waals surface area (Å²) in [4.78, 5) is 19.4. The van der Waals surface area contributed by atoms with E-state index in [4.69, 9.17) is 9.47 Å². The molecule has 1 aliphatic rings. The molecule has 0 bridgehead atoms. The number of aromatic nitrogens is 1. The summed E-state index contributed by atoms with van der Waals surface area (Å²) in [5.74, 6) is 1.98. The van der Waals surface area contributed by atoms with E-state index in [1.54, 1.807) is 0 Å². The zero-order chi connectivity index (χ0) is 20.2. The third-order valence-corrected chi connectivity index (χ3v) is 5.85. The molecule has 3 aromatic rings. The molecule has 4 rings (SSSR count). The quantitative estimate of drug-likeness (QED) is 0.564. The van der Waals surface area contributed by atoms with Gasteiger partial charge < -0.3 is 14.4 Å². The number of rotatable bonds is 6. The number of amides is 1. The molecule has 0 saturated carbocycles. The Kier molecular flexibility index (Phi) is 5.90. The summed E-state index contributed by atoms with van der Waals surface area (Å²) in [6.07, 6.45) is 0. The van der Waals surface area contributed by atoms with Gasteiger partial charge in [0.25, 0.3) is 0 Å². The second kappa shape index (κ2) is 8.74. The minimum Gasteiger partial charge on any atom is -0.486 e. The lowest BCUT2D eigenvalue weighted by Crippen LogP contribution is -2.31. The van der Waals surface area contributed by atoms with Crippen LogP contribution in [0.3, 0.4) is 0 Å². The van der Waals surface area contributed by atoms with E-state index in [1.165, 1.54) is 17.3 Å². The first-order valence-electron chi connectivity index (χ1n) is 9.79. The van der Waals surface area contributed by atoms with E-state index in [1.807, 2.05) is 48.2 Å². The second-order valence-corrected chi connectivity index (χ2v) is 7.96. The average Bonchev–Trinajstić information content (AvgIpc) is 2.75. The minimum atomic E-state index is 0.0972. The van der Waals surface area contributed by atoms with Gasteiger partial charge in [0, 0.05) is 18.5 Å². The molecule has 1 aromatic heterocycles. The number of hydrogen-bond acceptors (Lipinski definition) is 5. The molecule has 2 aromatic carbocycles. The van der Waals surface area contributed by atoms with E-state index >= 15 is 0 Å². The Hall–Kier alpha value is -2.73. The summed E-state index contributed by atoms with van der Waals surface area (Å²) in [7, 11) is 0. The maximum atomic E-state index is 12.8. The molecule has 29 heavy (non-hydrogen) atoms. The van der Waals surface area contributed by atoms with E-state index in [-0.39, 0.29) is 5.91 Å². The van der Waals surface area contributed by atoms with Gasteiger partial charge in [0.15, 0.2) is 11.5 Å². The number of hydrogen-bond donors (Lipinski definition) is 0. The van der Waals surface area contributed by atoms with Gasteiger partial charge in [0.05, 0.1) is 16.3 Å². The largest absolute Gasteiger partial charge is 0.486 e. The van der Waals surface area contributed by atoms with Gasteiger partial charge in [0.1, 0.15) is 13.2 Å². The number of aryl methyl sites for hydroxylation is 1. The number of carbonyl (C=O) groups is 1. The van der Waals surface area contributed by atoms with Gasteiger partial charge in [-0.3, -0.25) is 4.79 Å². The number of pyridine rings is 1. The number of carbonyl (C=O) groups excluding carboxylic acids is 1. The molecule has 6 heteroatoms. The molecule has 0 fully saturated rings. The zero-order valence-electron chi connectivity index (χ0n) is 16.7. The fourth-order valence-corrected chi connectivity index (χ4v) is 4.28. The molecule has 0 aliphatic carbocycles. The summed E-state index contributed by atoms with van der Waals surface area (Å²) < 4.78 is 11.2. The Labute approximate surface area is 175 Å². The highest BCUT2D eigenvalue weighted by molar-refractivity contribution is 7.99. The number of para-hydroxylation sites is 1. The SMILES string of the molecule is CCN(Cc1ccc2c(c1)OCCO2)C(=O)CSc1cc(C)c2ccccc2n1. The smallest absolute Gasteiger partial charge is 0.233 e. The van der Waals surface area contributed by atoms with Crippen LogP contribution in [0.1, 0.15) is 18.1 Å². The average molecular weight is 409 g/mol. The number of benzene rings is 2. The zero-order valence-corrected chi connectivity index (χ0v) is 17.5. The van der Waals surface area contributed by atoms with Gasteiger partial charge in [-0.2, -0.15) is 0 Å². The molecular formula is C23H24N2O3S. The lowest BCUT2D eigenvalue weighted by molar-refractivity contribution is -0.128.